The third kappa shape index (κ3) is 3.43. The Bertz CT molecular complexity index is 1150. The van der Waals surface area contributed by atoms with E-state index in [0.717, 1.165) is 23.9 Å². The maximum atomic E-state index is 13.5. The second kappa shape index (κ2) is 7.89. The van der Waals surface area contributed by atoms with Gasteiger partial charge in [0.2, 0.25) is 0 Å². The van der Waals surface area contributed by atoms with Crippen molar-refractivity contribution in [2.45, 2.75) is 12.0 Å². The van der Waals surface area contributed by atoms with Crippen molar-refractivity contribution in [1.82, 2.24) is 4.90 Å². The van der Waals surface area contributed by atoms with Gasteiger partial charge in [-0.3, -0.25) is 19.4 Å². The van der Waals surface area contributed by atoms with Gasteiger partial charge in [-0.2, -0.15) is 0 Å². The zero-order valence-corrected chi connectivity index (χ0v) is 17.2. The summed E-state index contributed by atoms with van der Waals surface area (Å²) in [6.07, 6.45) is -0.295. The monoisotopic (exact) mass is 416 g/mol. The first kappa shape index (κ1) is 19.9. The highest BCUT2D eigenvalue weighted by Gasteiger charge is 2.51. The molecule has 1 fully saturated rings. The standard InChI is InChI=1S/C25H24N2O4/c28-23(20-9-5-7-18-6-1-2-8-19(18)20)16-25(30)21-10-3-4-11-22(21)27(24(25)29)17-26-12-14-31-15-13-26/h1-11,30H,12-17H2/t25-/m1/s1. The summed E-state index contributed by atoms with van der Waals surface area (Å²) in [5.74, 6) is -0.704. The fraction of sp³-hybridized carbons (Fsp3) is 0.280. The number of aliphatic hydroxyl groups is 1. The van der Waals surface area contributed by atoms with E-state index >= 15 is 0 Å². The van der Waals surface area contributed by atoms with E-state index in [9.17, 15) is 14.7 Å². The molecule has 1 atom stereocenters. The van der Waals surface area contributed by atoms with Gasteiger partial charge in [0.1, 0.15) is 0 Å². The molecule has 31 heavy (non-hydrogen) atoms. The number of benzene rings is 3. The summed E-state index contributed by atoms with van der Waals surface area (Å²) in [6, 6.07) is 20.4. The summed E-state index contributed by atoms with van der Waals surface area (Å²) in [6.45, 7) is 3.05. The molecule has 6 nitrogen and oxygen atoms in total. The molecule has 1 amide bonds. The number of hydrogen-bond donors (Lipinski definition) is 1. The Kier molecular flexibility index (Phi) is 5.06. The van der Waals surface area contributed by atoms with Gasteiger partial charge >= 0.3 is 0 Å². The minimum Gasteiger partial charge on any atom is -0.379 e. The van der Waals surface area contributed by atoms with Gasteiger partial charge < -0.3 is 9.84 Å². The first-order valence-electron chi connectivity index (χ1n) is 10.5. The molecule has 0 spiro atoms. The second-order valence-corrected chi connectivity index (χ2v) is 8.11. The number of anilines is 1. The first-order valence-corrected chi connectivity index (χ1v) is 10.5. The molecule has 3 aromatic rings. The van der Waals surface area contributed by atoms with Crippen LogP contribution in [0.2, 0.25) is 0 Å². The molecule has 1 N–H and O–H groups in total. The van der Waals surface area contributed by atoms with Crippen LogP contribution in [0.5, 0.6) is 0 Å². The third-order valence-electron chi connectivity index (χ3n) is 6.19. The number of carbonyl (C=O) groups is 2. The Morgan fingerprint density at radius 1 is 0.968 bits per heavy atom. The number of para-hydroxylation sites is 1. The van der Waals surface area contributed by atoms with E-state index in [-0.39, 0.29) is 12.2 Å². The average molecular weight is 416 g/mol. The number of ether oxygens (including phenoxy) is 1. The number of ketones is 1. The molecule has 2 aliphatic heterocycles. The zero-order valence-electron chi connectivity index (χ0n) is 17.2. The lowest BCUT2D eigenvalue weighted by Gasteiger charge is -2.31. The lowest BCUT2D eigenvalue weighted by molar-refractivity contribution is -0.136. The van der Waals surface area contributed by atoms with Gasteiger partial charge in [0, 0.05) is 24.2 Å². The van der Waals surface area contributed by atoms with Crippen molar-refractivity contribution in [3.63, 3.8) is 0 Å². The van der Waals surface area contributed by atoms with Crippen LogP contribution in [0.15, 0.2) is 66.7 Å². The Balaban J connectivity index is 1.48. The van der Waals surface area contributed by atoms with Crippen LogP contribution in [0.25, 0.3) is 10.8 Å². The molecular formula is C25H24N2O4. The van der Waals surface area contributed by atoms with Crippen molar-refractivity contribution in [1.29, 1.82) is 0 Å². The normalized spacial score (nSPS) is 21.5. The number of fused-ring (bicyclic) bond motifs is 2. The number of carbonyl (C=O) groups excluding carboxylic acids is 2. The van der Waals surface area contributed by atoms with E-state index in [1.807, 2.05) is 48.5 Å². The Morgan fingerprint density at radius 3 is 2.52 bits per heavy atom. The molecule has 0 radical (unpaired) electrons. The van der Waals surface area contributed by atoms with Crippen LogP contribution in [-0.4, -0.2) is 54.7 Å². The minimum atomic E-state index is -1.88. The topological polar surface area (TPSA) is 70.1 Å². The van der Waals surface area contributed by atoms with E-state index in [1.165, 1.54) is 0 Å². The predicted octanol–water partition coefficient (Wildman–Crippen LogP) is 2.94. The molecule has 0 bridgehead atoms. The molecule has 0 unspecified atom stereocenters. The van der Waals surface area contributed by atoms with E-state index < -0.39 is 11.5 Å². The van der Waals surface area contributed by atoms with Gasteiger partial charge in [-0.05, 0) is 16.8 Å². The highest BCUT2D eigenvalue weighted by Crippen LogP contribution is 2.43. The van der Waals surface area contributed by atoms with Crippen molar-refractivity contribution < 1.29 is 19.4 Å². The van der Waals surface area contributed by atoms with Crippen molar-refractivity contribution in [3.8, 4) is 0 Å². The Hall–Kier alpha value is -3.06. The number of amides is 1. The maximum Gasteiger partial charge on any atom is 0.265 e. The largest absolute Gasteiger partial charge is 0.379 e. The molecule has 0 saturated carbocycles. The van der Waals surface area contributed by atoms with Crippen molar-refractivity contribution in [2.24, 2.45) is 0 Å². The second-order valence-electron chi connectivity index (χ2n) is 8.11. The van der Waals surface area contributed by atoms with E-state index in [2.05, 4.69) is 4.90 Å². The maximum absolute atomic E-state index is 13.5. The fourth-order valence-electron chi connectivity index (χ4n) is 4.56. The van der Waals surface area contributed by atoms with Crippen LogP contribution in [0, 0.1) is 0 Å². The van der Waals surface area contributed by atoms with Gasteiger partial charge in [-0.1, -0.05) is 60.7 Å². The molecule has 2 aliphatic rings. The minimum absolute atomic E-state index is 0.254. The van der Waals surface area contributed by atoms with Gasteiger partial charge in [0.15, 0.2) is 11.4 Å². The summed E-state index contributed by atoms with van der Waals surface area (Å²) < 4.78 is 5.40. The van der Waals surface area contributed by atoms with Crippen LogP contribution < -0.4 is 4.90 Å². The van der Waals surface area contributed by atoms with Crippen molar-refractivity contribution in [3.05, 3.63) is 77.9 Å². The first-order chi connectivity index (χ1) is 15.1. The van der Waals surface area contributed by atoms with Crippen LogP contribution in [-0.2, 0) is 15.1 Å². The summed E-state index contributed by atoms with van der Waals surface area (Å²) in [7, 11) is 0. The third-order valence-corrected chi connectivity index (χ3v) is 6.19. The molecule has 0 aromatic heterocycles. The SMILES string of the molecule is O=C(C[C@]1(O)C(=O)N(CN2CCOCC2)c2ccccc21)c1cccc2ccccc12. The molecule has 3 aromatic carbocycles. The zero-order chi connectivity index (χ0) is 21.4. The number of hydrogen-bond acceptors (Lipinski definition) is 5. The van der Waals surface area contributed by atoms with Crippen LogP contribution in [0.1, 0.15) is 22.3 Å². The lowest BCUT2D eigenvalue weighted by atomic mass is 9.87. The van der Waals surface area contributed by atoms with E-state index in [4.69, 9.17) is 4.74 Å². The number of rotatable bonds is 5. The molecule has 1 saturated heterocycles. The lowest BCUT2D eigenvalue weighted by Crippen LogP contribution is -2.49. The average Bonchev–Trinajstić information content (AvgIpc) is 3.01. The quantitative estimate of drug-likeness (QED) is 0.648. The molecule has 0 aliphatic carbocycles. The predicted molar refractivity (Wildman–Crippen MR) is 118 cm³/mol. The van der Waals surface area contributed by atoms with Crippen molar-refractivity contribution in [2.75, 3.05) is 37.9 Å². The molecule has 158 valence electrons. The molecule has 2 heterocycles. The summed E-state index contributed by atoms with van der Waals surface area (Å²) in [5.41, 5.74) is -0.214. The number of morpholine rings is 1. The Labute approximate surface area is 180 Å². The van der Waals surface area contributed by atoms with Crippen LogP contribution in [0.4, 0.5) is 5.69 Å². The smallest absolute Gasteiger partial charge is 0.265 e. The summed E-state index contributed by atoms with van der Waals surface area (Å²) in [4.78, 5) is 30.5. The summed E-state index contributed by atoms with van der Waals surface area (Å²) in [5, 5.41) is 13.3. The highest BCUT2D eigenvalue weighted by molar-refractivity contribution is 6.13. The van der Waals surface area contributed by atoms with Crippen LogP contribution >= 0.6 is 0 Å². The Morgan fingerprint density at radius 2 is 1.68 bits per heavy atom. The van der Waals surface area contributed by atoms with Gasteiger partial charge in [-0.15, -0.1) is 0 Å². The van der Waals surface area contributed by atoms with Gasteiger partial charge in [-0.25, -0.2) is 0 Å². The number of nitrogens with zero attached hydrogens (tertiary/aromatic N) is 2. The fourth-order valence-corrected chi connectivity index (χ4v) is 4.56. The molecular weight excluding hydrogens is 392 g/mol. The van der Waals surface area contributed by atoms with Gasteiger partial charge in [0.05, 0.1) is 32.0 Å². The highest BCUT2D eigenvalue weighted by atomic mass is 16.5. The molecule has 6 heteroatoms. The van der Waals surface area contributed by atoms with Crippen molar-refractivity contribution >= 4 is 28.2 Å². The molecule has 5 rings (SSSR count). The number of Topliss-reactive ketones (excluding diaryl/α,β-unsaturated/α-hetero) is 1. The van der Waals surface area contributed by atoms with E-state index in [1.54, 1.807) is 23.1 Å². The summed E-state index contributed by atoms with van der Waals surface area (Å²) >= 11 is 0. The van der Waals surface area contributed by atoms with Gasteiger partial charge in [0.25, 0.3) is 5.91 Å². The van der Waals surface area contributed by atoms with E-state index in [0.29, 0.717) is 36.7 Å². The van der Waals surface area contributed by atoms with Crippen LogP contribution in [0.3, 0.4) is 0 Å².